The number of esters is 1. The zero-order valence-electron chi connectivity index (χ0n) is 12.0. The molecule has 5 heteroatoms. The van der Waals surface area contributed by atoms with E-state index in [0.717, 1.165) is 21.8 Å². The molecule has 0 saturated carbocycles. The summed E-state index contributed by atoms with van der Waals surface area (Å²) in [5, 5.41) is 1.90. The Morgan fingerprint density at radius 2 is 1.71 bits per heavy atom. The molecule has 0 amide bonds. The number of hydrogen-bond acceptors (Lipinski definition) is 4. The van der Waals surface area contributed by atoms with Crippen LogP contribution >= 0.6 is 0 Å². The molecular formula is C16H15NO4. The van der Waals surface area contributed by atoms with Crippen molar-refractivity contribution in [3.05, 3.63) is 35.9 Å². The van der Waals surface area contributed by atoms with Crippen LogP contribution in [-0.2, 0) is 4.74 Å². The lowest BCUT2D eigenvalue weighted by Gasteiger charge is -2.12. The van der Waals surface area contributed by atoms with E-state index in [4.69, 9.17) is 14.2 Å². The predicted molar refractivity (Wildman–Crippen MR) is 80.2 cm³/mol. The molecule has 3 aromatic rings. The summed E-state index contributed by atoms with van der Waals surface area (Å²) in [6, 6.07) is 9.62. The molecule has 2 aromatic carbocycles. The van der Waals surface area contributed by atoms with Crippen molar-refractivity contribution in [1.29, 1.82) is 0 Å². The van der Waals surface area contributed by atoms with Crippen molar-refractivity contribution in [2.75, 3.05) is 21.3 Å². The van der Waals surface area contributed by atoms with Crippen molar-refractivity contribution in [3.8, 4) is 11.5 Å². The molecule has 0 saturated heterocycles. The molecule has 0 radical (unpaired) electrons. The maximum absolute atomic E-state index is 12.0. The molecule has 0 aliphatic carbocycles. The van der Waals surface area contributed by atoms with Crippen molar-refractivity contribution in [3.63, 3.8) is 0 Å². The molecule has 0 aliphatic heterocycles. The number of hydrogen-bond donors (Lipinski definition) is 1. The van der Waals surface area contributed by atoms with Crippen LogP contribution in [0, 0.1) is 0 Å². The molecule has 0 bridgehead atoms. The van der Waals surface area contributed by atoms with Crippen LogP contribution in [-0.4, -0.2) is 32.3 Å². The summed E-state index contributed by atoms with van der Waals surface area (Å²) in [5.41, 5.74) is 2.10. The molecule has 1 aromatic heterocycles. The van der Waals surface area contributed by atoms with E-state index >= 15 is 0 Å². The van der Waals surface area contributed by atoms with E-state index in [-0.39, 0.29) is 0 Å². The van der Waals surface area contributed by atoms with Crippen LogP contribution < -0.4 is 9.47 Å². The van der Waals surface area contributed by atoms with Gasteiger partial charge in [-0.25, -0.2) is 4.79 Å². The first-order valence-electron chi connectivity index (χ1n) is 6.45. The van der Waals surface area contributed by atoms with Gasteiger partial charge in [0, 0.05) is 16.3 Å². The van der Waals surface area contributed by atoms with E-state index in [1.54, 1.807) is 13.2 Å². The number of carbonyl (C=O) groups is 1. The smallest absolute Gasteiger partial charge is 0.341 e. The van der Waals surface area contributed by atoms with Gasteiger partial charge in [0.2, 0.25) is 0 Å². The highest BCUT2D eigenvalue weighted by Crippen LogP contribution is 2.41. The third kappa shape index (κ3) is 1.89. The van der Waals surface area contributed by atoms with E-state index in [0.29, 0.717) is 17.1 Å². The number of para-hydroxylation sites is 1. The Morgan fingerprint density at radius 1 is 1.00 bits per heavy atom. The molecule has 1 heterocycles. The zero-order chi connectivity index (χ0) is 15.0. The first-order valence-corrected chi connectivity index (χ1v) is 6.45. The molecule has 5 nitrogen and oxygen atoms in total. The van der Waals surface area contributed by atoms with Crippen LogP contribution in [0.15, 0.2) is 30.3 Å². The highest BCUT2D eigenvalue weighted by molar-refractivity contribution is 6.13. The van der Waals surface area contributed by atoms with Crippen LogP contribution in [0.25, 0.3) is 21.8 Å². The van der Waals surface area contributed by atoms with E-state index in [1.165, 1.54) is 14.2 Å². The average molecular weight is 285 g/mol. The summed E-state index contributed by atoms with van der Waals surface area (Å²) in [7, 11) is 4.39. The van der Waals surface area contributed by atoms with Crippen LogP contribution in [0.1, 0.15) is 10.4 Å². The second kappa shape index (κ2) is 5.01. The molecule has 0 atom stereocenters. The first kappa shape index (κ1) is 13.3. The maximum atomic E-state index is 12.0. The second-order valence-corrected chi connectivity index (χ2v) is 4.58. The SMILES string of the molecule is COC(=O)c1cc2c([nH]c3ccccc32)c(OC)c1OC. The third-order valence-corrected chi connectivity index (χ3v) is 3.53. The number of benzene rings is 2. The minimum atomic E-state index is -0.461. The van der Waals surface area contributed by atoms with Gasteiger partial charge >= 0.3 is 5.97 Å². The van der Waals surface area contributed by atoms with Gasteiger partial charge in [0.15, 0.2) is 11.5 Å². The van der Waals surface area contributed by atoms with Gasteiger partial charge in [0.25, 0.3) is 0 Å². The third-order valence-electron chi connectivity index (χ3n) is 3.53. The van der Waals surface area contributed by atoms with E-state index in [1.807, 2.05) is 24.3 Å². The fourth-order valence-electron chi connectivity index (χ4n) is 2.60. The summed E-state index contributed by atoms with van der Waals surface area (Å²) >= 11 is 0. The summed E-state index contributed by atoms with van der Waals surface area (Å²) in [5.74, 6) is 0.396. The van der Waals surface area contributed by atoms with E-state index in [9.17, 15) is 4.79 Å². The van der Waals surface area contributed by atoms with Crippen LogP contribution in [0.5, 0.6) is 11.5 Å². The van der Waals surface area contributed by atoms with Crippen molar-refractivity contribution < 1.29 is 19.0 Å². The molecule has 0 fully saturated rings. The second-order valence-electron chi connectivity index (χ2n) is 4.58. The Balaban J connectivity index is 2.47. The number of methoxy groups -OCH3 is 3. The van der Waals surface area contributed by atoms with Crippen LogP contribution in [0.3, 0.4) is 0 Å². The molecule has 0 unspecified atom stereocenters. The Morgan fingerprint density at radius 3 is 2.38 bits per heavy atom. The molecule has 1 N–H and O–H groups in total. The fourth-order valence-corrected chi connectivity index (χ4v) is 2.60. The summed E-state index contributed by atoms with van der Waals surface area (Å²) in [4.78, 5) is 15.3. The molecule has 0 aliphatic rings. The van der Waals surface area contributed by atoms with Gasteiger partial charge < -0.3 is 19.2 Å². The molecule has 0 spiro atoms. The van der Waals surface area contributed by atoms with Gasteiger partial charge in [-0.15, -0.1) is 0 Å². The summed E-state index contributed by atoms with van der Waals surface area (Å²) < 4.78 is 15.6. The van der Waals surface area contributed by atoms with Crippen molar-refractivity contribution in [1.82, 2.24) is 4.98 Å². The maximum Gasteiger partial charge on any atom is 0.341 e. The lowest BCUT2D eigenvalue weighted by Crippen LogP contribution is -2.05. The van der Waals surface area contributed by atoms with Gasteiger partial charge in [-0.3, -0.25) is 0 Å². The molecule has 21 heavy (non-hydrogen) atoms. The lowest BCUT2D eigenvalue weighted by atomic mass is 10.1. The Labute approximate surface area is 121 Å². The quantitative estimate of drug-likeness (QED) is 0.751. The van der Waals surface area contributed by atoms with Crippen LogP contribution in [0.2, 0.25) is 0 Å². The molecule has 108 valence electrons. The van der Waals surface area contributed by atoms with Crippen molar-refractivity contribution in [2.45, 2.75) is 0 Å². The van der Waals surface area contributed by atoms with Gasteiger partial charge in [-0.2, -0.15) is 0 Å². The minimum Gasteiger partial charge on any atom is -0.492 e. The highest BCUT2D eigenvalue weighted by Gasteiger charge is 2.22. The van der Waals surface area contributed by atoms with Gasteiger partial charge in [0.05, 0.1) is 26.8 Å². The molecular weight excluding hydrogens is 270 g/mol. The van der Waals surface area contributed by atoms with Gasteiger partial charge in [-0.1, -0.05) is 18.2 Å². The fraction of sp³-hybridized carbons (Fsp3) is 0.188. The standard InChI is InChI=1S/C16H15NO4/c1-19-14-11(16(18)21-3)8-10-9-6-4-5-7-12(9)17-13(10)15(14)20-2/h4-8,17H,1-3H3. The lowest BCUT2D eigenvalue weighted by molar-refractivity contribution is 0.0596. The van der Waals surface area contributed by atoms with Crippen LogP contribution in [0.4, 0.5) is 0 Å². The summed E-state index contributed by atoms with van der Waals surface area (Å²) in [6.45, 7) is 0. The van der Waals surface area contributed by atoms with Crippen molar-refractivity contribution >= 4 is 27.8 Å². The Hall–Kier alpha value is -2.69. The monoisotopic (exact) mass is 285 g/mol. The number of carbonyl (C=O) groups excluding carboxylic acids is 1. The normalized spacial score (nSPS) is 10.8. The molecule has 3 rings (SSSR count). The predicted octanol–water partition coefficient (Wildman–Crippen LogP) is 3.12. The number of H-pyrrole nitrogens is 1. The average Bonchev–Trinajstić information content (AvgIpc) is 2.90. The van der Waals surface area contributed by atoms with Gasteiger partial charge in [-0.05, 0) is 12.1 Å². The van der Waals surface area contributed by atoms with E-state index < -0.39 is 5.97 Å². The largest absolute Gasteiger partial charge is 0.492 e. The van der Waals surface area contributed by atoms with Crippen molar-refractivity contribution in [2.24, 2.45) is 0 Å². The Kier molecular flexibility index (Phi) is 3.17. The highest BCUT2D eigenvalue weighted by atomic mass is 16.5. The number of aromatic amines is 1. The van der Waals surface area contributed by atoms with Gasteiger partial charge in [0.1, 0.15) is 5.56 Å². The number of aromatic nitrogens is 1. The number of nitrogens with one attached hydrogen (secondary N) is 1. The first-order chi connectivity index (χ1) is 10.2. The Bertz CT molecular complexity index is 835. The van der Waals surface area contributed by atoms with E-state index in [2.05, 4.69) is 4.98 Å². The number of fused-ring (bicyclic) bond motifs is 3. The summed E-state index contributed by atoms with van der Waals surface area (Å²) in [6.07, 6.45) is 0. The number of ether oxygens (including phenoxy) is 3. The number of rotatable bonds is 3. The topological polar surface area (TPSA) is 60.6 Å². The minimum absolute atomic E-state index is 0.342. The zero-order valence-corrected chi connectivity index (χ0v) is 12.0.